The molecule has 2 N–H and O–H groups in total. The molecule has 2 aromatic rings. The molecular weight excluding hydrogens is 302 g/mol. The number of benzene rings is 1. The summed E-state index contributed by atoms with van der Waals surface area (Å²) in [5, 5.41) is 16.6. The number of amides is 1. The van der Waals surface area contributed by atoms with Gasteiger partial charge in [-0.05, 0) is 61.3 Å². The van der Waals surface area contributed by atoms with Crippen LogP contribution in [0.5, 0.6) is 0 Å². The van der Waals surface area contributed by atoms with Crippen LogP contribution in [0, 0.1) is 11.8 Å². The monoisotopic (exact) mass is 325 g/mol. The summed E-state index contributed by atoms with van der Waals surface area (Å²) in [6, 6.07) is 9.88. The van der Waals surface area contributed by atoms with E-state index in [1.165, 1.54) is 0 Å². The SMILES string of the molecule is CN(C(=O)c1ccc(-c2ccn[nH]2)cc1)C1C[C@H]2CC(O)C[C@H]2C1. The van der Waals surface area contributed by atoms with Crippen LogP contribution in [0.1, 0.15) is 36.0 Å². The molecule has 2 unspecified atom stereocenters. The van der Waals surface area contributed by atoms with E-state index in [1.54, 1.807) is 6.20 Å². The van der Waals surface area contributed by atoms with Gasteiger partial charge >= 0.3 is 0 Å². The first-order valence-corrected chi connectivity index (χ1v) is 8.67. The maximum absolute atomic E-state index is 12.8. The van der Waals surface area contributed by atoms with Gasteiger partial charge in [0.2, 0.25) is 0 Å². The first kappa shape index (κ1) is 15.4. The second-order valence-corrected chi connectivity index (χ2v) is 7.23. The highest BCUT2D eigenvalue weighted by Crippen LogP contribution is 2.45. The Bertz CT molecular complexity index is 697. The first-order valence-electron chi connectivity index (χ1n) is 8.67. The fraction of sp³-hybridized carbons (Fsp3) is 0.474. The van der Waals surface area contributed by atoms with E-state index in [1.807, 2.05) is 42.3 Å². The topological polar surface area (TPSA) is 69.2 Å². The van der Waals surface area contributed by atoms with Crippen LogP contribution in [0.2, 0.25) is 0 Å². The summed E-state index contributed by atoms with van der Waals surface area (Å²) in [5.41, 5.74) is 2.69. The van der Waals surface area contributed by atoms with Crippen LogP contribution in [0.4, 0.5) is 0 Å². The van der Waals surface area contributed by atoms with Gasteiger partial charge in [0.05, 0.1) is 11.8 Å². The Morgan fingerprint density at radius 2 is 1.79 bits per heavy atom. The van der Waals surface area contributed by atoms with Crippen LogP contribution in [0.25, 0.3) is 11.3 Å². The Morgan fingerprint density at radius 3 is 2.38 bits per heavy atom. The lowest BCUT2D eigenvalue weighted by molar-refractivity contribution is 0.0722. The number of aliphatic hydroxyl groups excluding tert-OH is 1. The van der Waals surface area contributed by atoms with Crippen molar-refractivity contribution < 1.29 is 9.90 Å². The number of carbonyl (C=O) groups is 1. The molecule has 2 saturated carbocycles. The number of H-pyrrole nitrogens is 1. The van der Waals surface area contributed by atoms with Crippen molar-refractivity contribution in [2.24, 2.45) is 11.8 Å². The average Bonchev–Trinajstić information content (AvgIpc) is 3.29. The molecule has 0 bridgehead atoms. The van der Waals surface area contributed by atoms with Crippen molar-refractivity contribution in [1.82, 2.24) is 15.1 Å². The standard InChI is InChI=1S/C19H23N3O2/c1-22(16-8-14-10-17(23)11-15(14)9-16)19(24)13-4-2-12(3-5-13)18-6-7-20-21-18/h2-7,14-17,23H,8-11H2,1H3,(H,20,21)/t14-,15+,16?,17?. The lowest BCUT2D eigenvalue weighted by Gasteiger charge is -2.25. The van der Waals surface area contributed by atoms with Crippen molar-refractivity contribution in [3.63, 3.8) is 0 Å². The number of hydrogen-bond acceptors (Lipinski definition) is 3. The summed E-state index contributed by atoms with van der Waals surface area (Å²) in [4.78, 5) is 14.7. The highest BCUT2D eigenvalue weighted by Gasteiger charge is 2.43. The van der Waals surface area contributed by atoms with E-state index in [9.17, 15) is 9.90 Å². The molecule has 1 heterocycles. The molecule has 4 atom stereocenters. The minimum atomic E-state index is -0.128. The number of carbonyl (C=O) groups excluding carboxylic acids is 1. The summed E-state index contributed by atoms with van der Waals surface area (Å²) in [7, 11) is 1.91. The number of nitrogens with one attached hydrogen (secondary N) is 1. The molecule has 2 aliphatic rings. The largest absolute Gasteiger partial charge is 0.393 e. The fourth-order valence-electron chi connectivity index (χ4n) is 4.45. The van der Waals surface area contributed by atoms with Crippen LogP contribution in [-0.2, 0) is 0 Å². The number of fused-ring (bicyclic) bond motifs is 1. The number of aromatic nitrogens is 2. The van der Waals surface area contributed by atoms with Crippen LogP contribution < -0.4 is 0 Å². The van der Waals surface area contributed by atoms with E-state index in [4.69, 9.17) is 0 Å². The summed E-state index contributed by atoms with van der Waals surface area (Å²) >= 11 is 0. The molecule has 2 fully saturated rings. The van der Waals surface area contributed by atoms with Crippen molar-refractivity contribution in [2.75, 3.05) is 7.05 Å². The highest BCUT2D eigenvalue weighted by atomic mass is 16.3. The molecule has 0 saturated heterocycles. The van der Waals surface area contributed by atoms with Crippen molar-refractivity contribution in [3.05, 3.63) is 42.1 Å². The van der Waals surface area contributed by atoms with E-state index >= 15 is 0 Å². The fourth-order valence-corrected chi connectivity index (χ4v) is 4.45. The molecule has 1 aromatic carbocycles. The predicted octanol–water partition coefficient (Wildman–Crippen LogP) is 2.70. The summed E-state index contributed by atoms with van der Waals surface area (Å²) in [6.45, 7) is 0. The number of nitrogens with zero attached hydrogens (tertiary/aromatic N) is 2. The minimum Gasteiger partial charge on any atom is -0.393 e. The maximum atomic E-state index is 12.8. The molecule has 2 aliphatic carbocycles. The Hall–Kier alpha value is -2.14. The molecule has 0 aliphatic heterocycles. The van der Waals surface area contributed by atoms with Gasteiger partial charge in [0.25, 0.3) is 5.91 Å². The third-order valence-electron chi connectivity index (χ3n) is 5.78. The van der Waals surface area contributed by atoms with E-state index in [-0.39, 0.29) is 12.0 Å². The highest BCUT2D eigenvalue weighted by molar-refractivity contribution is 5.94. The predicted molar refractivity (Wildman–Crippen MR) is 91.4 cm³/mol. The second kappa shape index (κ2) is 6.06. The average molecular weight is 325 g/mol. The van der Waals surface area contributed by atoms with Gasteiger partial charge in [-0.15, -0.1) is 0 Å². The molecule has 5 nitrogen and oxygen atoms in total. The zero-order chi connectivity index (χ0) is 16.7. The Kier molecular flexibility index (Phi) is 3.88. The molecule has 0 spiro atoms. The third kappa shape index (κ3) is 2.73. The third-order valence-corrected chi connectivity index (χ3v) is 5.78. The van der Waals surface area contributed by atoms with Gasteiger partial charge in [0.15, 0.2) is 0 Å². The zero-order valence-electron chi connectivity index (χ0n) is 13.9. The van der Waals surface area contributed by atoms with Crippen molar-refractivity contribution in [2.45, 2.75) is 37.8 Å². The van der Waals surface area contributed by atoms with E-state index in [0.29, 0.717) is 17.9 Å². The Morgan fingerprint density at radius 1 is 1.12 bits per heavy atom. The molecule has 4 rings (SSSR count). The molecule has 0 radical (unpaired) electrons. The van der Waals surface area contributed by atoms with Gasteiger partial charge in [-0.25, -0.2) is 0 Å². The van der Waals surface area contributed by atoms with Crippen LogP contribution in [0.15, 0.2) is 36.5 Å². The lowest BCUT2D eigenvalue weighted by atomic mass is 10.0. The molecule has 1 amide bonds. The quantitative estimate of drug-likeness (QED) is 0.911. The van der Waals surface area contributed by atoms with Gasteiger partial charge in [-0.2, -0.15) is 5.10 Å². The summed E-state index contributed by atoms with van der Waals surface area (Å²) in [5.74, 6) is 1.25. The Balaban J connectivity index is 1.44. The molecular formula is C19H23N3O2. The van der Waals surface area contributed by atoms with Gasteiger partial charge in [0.1, 0.15) is 0 Å². The van der Waals surface area contributed by atoms with Crippen molar-refractivity contribution >= 4 is 5.91 Å². The van der Waals surface area contributed by atoms with Gasteiger partial charge in [-0.3, -0.25) is 9.89 Å². The normalized spacial score (nSPS) is 28.8. The second-order valence-electron chi connectivity index (χ2n) is 7.23. The molecule has 126 valence electrons. The number of hydrogen-bond donors (Lipinski definition) is 2. The Labute approximate surface area is 141 Å². The minimum absolute atomic E-state index is 0.0803. The smallest absolute Gasteiger partial charge is 0.253 e. The van der Waals surface area contributed by atoms with Crippen LogP contribution in [0.3, 0.4) is 0 Å². The van der Waals surface area contributed by atoms with E-state index in [2.05, 4.69) is 10.2 Å². The van der Waals surface area contributed by atoms with Gasteiger partial charge in [0, 0.05) is 24.8 Å². The summed E-state index contributed by atoms with van der Waals surface area (Å²) in [6.07, 6.45) is 5.45. The van der Waals surface area contributed by atoms with Crippen molar-refractivity contribution in [3.8, 4) is 11.3 Å². The number of aliphatic hydroxyl groups is 1. The lowest BCUT2D eigenvalue weighted by Crippen LogP contribution is -2.36. The zero-order valence-corrected chi connectivity index (χ0v) is 13.9. The van der Waals surface area contributed by atoms with E-state index < -0.39 is 0 Å². The molecule has 1 aromatic heterocycles. The van der Waals surface area contributed by atoms with Crippen LogP contribution >= 0.6 is 0 Å². The molecule has 5 heteroatoms. The first-order chi connectivity index (χ1) is 11.6. The van der Waals surface area contributed by atoms with Gasteiger partial charge in [-0.1, -0.05) is 12.1 Å². The van der Waals surface area contributed by atoms with E-state index in [0.717, 1.165) is 42.5 Å². The van der Waals surface area contributed by atoms with Crippen molar-refractivity contribution in [1.29, 1.82) is 0 Å². The van der Waals surface area contributed by atoms with Crippen LogP contribution in [-0.4, -0.2) is 45.3 Å². The maximum Gasteiger partial charge on any atom is 0.253 e. The number of rotatable bonds is 3. The summed E-state index contributed by atoms with van der Waals surface area (Å²) < 4.78 is 0. The molecule has 24 heavy (non-hydrogen) atoms. The van der Waals surface area contributed by atoms with Gasteiger partial charge < -0.3 is 10.0 Å². The number of aromatic amines is 1.